The van der Waals surface area contributed by atoms with Crippen LogP contribution in [0.1, 0.15) is 45.4 Å². The van der Waals surface area contributed by atoms with Crippen molar-refractivity contribution in [3.63, 3.8) is 0 Å². The van der Waals surface area contributed by atoms with Gasteiger partial charge in [-0.3, -0.25) is 0 Å². The summed E-state index contributed by atoms with van der Waals surface area (Å²) in [5.41, 5.74) is 1.56. The minimum absolute atomic E-state index is 1.04. The average molecular weight is 180 g/mol. The van der Waals surface area contributed by atoms with E-state index in [4.69, 9.17) is 4.74 Å². The van der Waals surface area contributed by atoms with Crippen LogP contribution in [0.2, 0.25) is 0 Å². The van der Waals surface area contributed by atoms with E-state index in [1.165, 1.54) is 25.7 Å². The van der Waals surface area contributed by atoms with Gasteiger partial charge in [0.25, 0.3) is 0 Å². The van der Waals surface area contributed by atoms with Gasteiger partial charge >= 0.3 is 0 Å². The van der Waals surface area contributed by atoms with Crippen LogP contribution in [-0.2, 0) is 4.74 Å². The molecule has 0 atom stereocenters. The molecule has 74 valence electrons. The summed E-state index contributed by atoms with van der Waals surface area (Å²) in [5, 5.41) is 0. The Hall–Kier alpha value is -0.720. The molecule has 1 aliphatic rings. The number of hydrogen-bond donors (Lipinski definition) is 0. The van der Waals surface area contributed by atoms with Crippen LogP contribution < -0.4 is 0 Å². The van der Waals surface area contributed by atoms with Crippen molar-refractivity contribution < 1.29 is 4.74 Å². The molecule has 1 nitrogen and oxygen atoms in total. The Morgan fingerprint density at radius 1 is 1.31 bits per heavy atom. The predicted molar refractivity (Wildman–Crippen MR) is 56.6 cm³/mol. The summed E-state index contributed by atoms with van der Waals surface area (Å²) in [6.07, 6.45) is 11.9. The second-order valence-corrected chi connectivity index (χ2v) is 3.61. The van der Waals surface area contributed by atoms with Crippen molar-refractivity contribution in [1.82, 2.24) is 0 Å². The van der Waals surface area contributed by atoms with Gasteiger partial charge in [-0.15, -0.1) is 0 Å². The Labute approximate surface area is 81.5 Å². The number of unbranched alkanes of at least 4 members (excludes halogenated alkanes) is 2. The van der Waals surface area contributed by atoms with Crippen LogP contribution in [-0.4, -0.2) is 7.11 Å². The number of allylic oxidation sites excluding steroid dienone is 3. The molecule has 0 radical (unpaired) electrons. The molecule has 0 bridgehead atoms. The molecule has 1 rings (SSSR count). The van der Waals surface area contributed by atoms with Crippen LogP contribution >= 0.6 is 0 Å². The average Bonchev–Trinajstić information content (AvgIpc) is 2.19. The molecule has 0 aromatic heterocycles. The van der Waals surface area contributed by atoms with Crippen molar-refractivity contribution in [2.75, 3.05) is 7.11 Å². The standard InChI is InChI=1S/C12H20O/c1-3-4-5-7-11-8-6-9-12(10-11)13-2/h8-9H,3-7,10H2,1-2H3. The maximum atomic E-state index is 5.25. The second-order valence-electron chi connectivity index (χ2n) is 3.61. The lowest BCUT2D eigenvalue weighted by molar-refractivity contribution is 0.279. The highest BCUT2D eigenvalue weighted by Crippen LogP contribution is 2.23. The summed E-state index contributed by atoms with van der Waals surface area (Å²) < 4.78 is 5.25. The van der Waals surface area contributed by atoms with E-state index in [9.17, 15) is 0 Å². The first-order valence-corrected chi connectivity index (χ1v) is 5.27. The van der Waals surface area contributed by atoms with Crippen molar-refractivity contribution in [2.24, 2.45) is 0 Å². The number of hydrogen-bond acceptors (Lipinski definition) is 1. The predicted octanol–water partition coefficient (Wildman–Crippen LogP) is 3.82. The molecule has 0 aromatic carbocycles. The van der Waals surface area contributed by atoms with Crippen LogP contribution in [0, 0.1) is 0 Å². The highest BCUT2D eigenvalue weighted by atomic mass is 16.5. The zero-order valence-corrected chi connectivity index (χ0v) is 8.81. The van der Waals surface area contributed by atoms with Crippen molar-refractivity contribution in [1.29, 1.82) is 0 Å². The lowest BCUT2D eigenvalue weighted by atomic mass is 9.98. The number of ether oxygens (including phenoxy) is 1. The van der Waals surface area contributed by atoms with Gasteiger partial charge in [-0.2, -0.15) is 0 Å². The zero-order valence-electron chi connectivity index (χ0n) is 8.81. The maximum absolute atomic E-state index is 5.25. The van der Waals surface area contributed by atoms with E-state index in [1.54, 1.807) is 12.7 Å². The fraction of sp³-hybridized carbons (Fsp3) is 0.667. The Kier molecular flexibility index (Phi) is 4.66. The maximum Gasteiger partial charge on any atom is 0.0959 e. The molecular weight excluding hydrogens is 160 g/mol. The van der Waals surface area contributed by atoms with Gasteiger partial charge in [-0.05, 0) is 25.3 Å². The van der Waals surface area contributed by atoms with Crippen LogP contribution in [0.3, 0.4) is 0 Å². The molecule has 13 heavy (non-hydrogen) atoms. The molecule has 0 saturated heterocycles. The molecule has 0 unspecified atom stereocenters. The SMILES string of the molecule is CCCCCC1=CCC=C(OC)C1. The van der Waals surface area contributed by atoms with Gasteiger partial charge in [0.1, 0.15) is 0 Å². The molecule has 1 aliphatic carbocycles. The minimum atomic E-state index is 1.04. The largest absolute Gasteiger partial charge is 0.501 e. The summed E-state index contributed by atoms with van der Waals surface area (Å²) in [6, 6.07) is 0. The molecule has 0 amide bonds. The van der Waals surface area contributed by atoms with E-state index in [2.05, 4.69) is 19.1 Å². The minimum Gasteiger partial charge on any atom is -0.501 e. The van der Waals surface area contributed by atoms with E-state index in [-0.39, 0.29) is 0 Å². The lowest BCUT2D eigenvalue weighted by Crippen LogP contribution is -1.96. The number of rotatable bonds is 5. The molecule has 0 N–H and O–H groups in total. The van der Waals surface area contributed by atoms with E-state index < -0.39 is 0 Å². The van der Waals surface area contributed by atoms with E-state index >= 15 is 0 Å². The van der Waals surface area contributed by atoms with Gasteiger partial charge in [0.2, 0.25) is 0 Å². The van der Waals surface area contributed by atoms with E-state index in [0.717, 1.165) is 18.6 Å². The van der Waals surface area contributed by atoms with Crippen molar-refractivity contribution in [2.45, 2.75) is 45.4 Å². The molecular formula is C12H20O. The highest BCUT2D eigenvalue weighted by molar-refractivity contribution is 5.18. The second kappa shape index (κ2) is 5.85. The van der Waals surface area contributed by atoms with Crippen LogP contribution in [0.5, 0.6) is 0 Å². The van der Waals surface area contributed by atoms with Crippen LogP contribution in [0.25, 0.3) is 0 Å². The third-order valence-corrected chi connectivity index (χ3v) is 2.52. The fourth-order valence-corrected chi connectivity index (χ4v) is 1.67. The normalized spacial score (nSPS) is 16.5. The molecule has 0 saturated carbocycles. The van der Waals surface area contributed by atoms with Crippen LogP contribution in [0.15, 0.2) is 23.5 Å². The van der Waals surface area contributed by atoms with Gasteiger partial charge in [-0.25, -0.2) is 0 Å². The fourth-order valence-electron chi connectivity index (χ4n) is 1.67. The first-order chi connectivity index (χ1) is 6.36. The van der Waals surface area contributed by atoms with E-state index in [0.29, 0.717) is 0 Å². The lowest BCUT2D eigenvalue weighted by Gasteiger charge is -2.13. The molecule has 0 fully saturated rings. The van der Waals surface area contributed by atoms with Gasteiger partial charge < -0.3 is 4.74 Å². The summed E-state index contributed by atoms with van der Waals surface area (Å²) in [4.78, 5) is 0. The van der Waals surface area contributed by atoms with Gasteiger partial charge in [0, 0.05) is 6.42 Å². The van der Waals surface area contributed by atoms with Crippen LogP contribution in [0.4, 0.5) is 0 Å². The summed E-state index contributed by atoms with van der Waals surface area (Å²) in [7, 11) is 1.76. The van der Waals surface area contributed by atoms with Gasteiger partial charge in [-0.1, -0.05) is 31.4 Å². The topological polar surface area (TPSA) is 9.23 Å². The molecule has 0 aromatic rings. The quantitative estimate of drug-likeness (QED) is 0.461. The van der Waals surface area contributed by atoms with Crippen molar-refractivity contribution in [3.8, 4) is 0 Å². The van der Waals surface area contributed by atoms with Crippen molar-refractivity contribution >= 4 is 0 Å². The first-order valence-electron chi connectivity index (χ1n) is 5.27. The smallest absolute Gasteiger partial charge is 0.0959 e. The summed E-state index contributed by atoms with van der Waals surface area (Å²) >= 11 is 0. The summed E-state index contributed by atoms with van der Waals surface area (Å²) in [5.74, 6) is 1.15. The van der Waals surface area contributed by atoms with Gasteiger partial charge in [0.15, 0.2) is 0 Å². The highest BCUT2D eigenvalue weighted by Gasteiger charge is 2.06. The monoisotopic (exact) mass is 180 g/mol. The third-order valence-electron chi connectivity index (χ3n) is 2.52. The molecule has 1 heteroatoms. The first kappa shape index (κ1) is 10.4. The Morgan fingerprint density at radius 3 is 2.85 bits per heavy atom. The Morgan fingerprint density at radius 2 is 2.15 bits per heavy atom. The summed E-state index contributed by atoms with van der Waals surface area (Å²) in [6.45, 7) is 2.25. The third kappa shape index (κ3) is 3.67. The van der Waals surface area contributed by atoms with E-state index in [1.807, 2.05) is 0 Å². The Bertz CT molecular complexity index is 201. The molecule has 0 heterocycles. The molecule has 0 spiro atoms. The van der Waals surface area contributed by atoms with Crippen molar-refractivity contribution in [3.05, 3.63) is 23.5 Å². The molecule has 0 aliphatic heterocycles. The number of methoxy groups -OCH3 is 1. The Balaban J connectivity index is 2.24. The van der Waals surface area contributed by atoms with Gasteiger partial charge in [0.05, 0.1) is 12.9 Å². The zero-order chi connectivity index (χ0) is 9.52.